The van der Waals surface area contributed by atoms with Gasteiger partial charge in [0.25, 0.3) is 5.91 Å². The average Bonchev–Trinajstić information content (AvgIpc) is 2.62. The number of nitrogens with zero attached hydrogens (tertiary/aromatic N) is 1. The van der Waals surface area contributed by atoms with Crippen LogP contribution in [0.3, 0.4) is 0 Å². The maximum absolute atomic E-state index is 13.5. The number of morpholine rings is 1. The number of rotatable bonds is 3. The molecule has 2 aromatic carbocycles. The second-order valence-corrected chi connectivity index (χ2v) is 6.22. The Morgan fingerprint density at radius 3 is 2.35 bits per heavy atom. The summed E-state index contributed by atoms with van der Waals surface area (Å²) in [4.78, 5) is 14.1. The molecule has 1 heterocycles. The molecule has 138 valence electrons. The third-order valence-corrected chi connectivity index (χ3v) is 4.29. The van der Waals surface area contributed by atoms with Crippen LogP contribution >= 0.6 is 11.6 Å². The number of carbonyl (C=O) groups excluding carboxylic acids is 1. The van der Waals surface area contributed by atoms with Gasteiger partial charge in [-0.05, 0) is 42.5 Å². The van der Waals surface area contributed by atoms with Crippen LogP contribution in [-0.4, -0.2) is 32.2 Å². The van der Waals surface area contributed by atoms with Crippen LogP contribution in [0.1, 0.15) is 15.9 Å². The predicted molar refractivity (Wildman–Crippen MR) is 93.9 cm³/mol. The van der Waals surface area contributed by atoms with Gasteiger partial charge in [0.15, 0.2) is 0 Å². The first-order valence-electron chi connectivity index (χ1n) is 7.95. The smallest absolute Gasteiger partial charge is 0.378 e. The number of alkyl halides is 3. The lowest BCUT2D eigenvalue weighted by atomic mass is 10.1. The topological polar surface area (TPSA) is 41.6 Å². The van der Waals surface area contributed by atoms with Crippen LogP contribution in [0, 0.1) is 0 Å². The number of halogens is 4. The van der Waals surface area contributed by atoms with Crippen LogP contribution in [0.25, 0.3) is 0 Å². The second kappa shape index (κ2) is 7.55. The quantitative estimate of drug-likeness (QED) is 0.850. The standard InChI is InChI=1S/C18H16ClF3N2O2/c19-13-3-1-12(2-4-13)17(25)23-16-6-5-14(11-15(16)18(20,21)22)24-7-9-26-10-8-24/h1-6,11H,7-10H2,(H,23,25). The van der Waals surface area contributed by atoms with Crippen molar-refractivity contribution in [1.82, 2.24) is 0 Å². The van der Waals surface area contributed by atoms with Crippen LogP contribution in [0.4, 0.5) is 24.5 Å². The summed E-state index contributed by atoms with van der Waals surface area (Å²) in [5.41, 5.74) is -0.497. The third kappa shape index (κ3) is 4.28. The molecule has 1 N–H and O–H groups in total. The van der Waals surface area contributed by atoms with Crippen molar-refractivity contribution in [3.05, 3.63) is 58.6 Å². The number of carbonyl (C=O) groups is 1. The summed E-state index contributed by atoms with van der Waals surface area (Å²) in [7, 11) is 0. The zero-order valence-electron chi connectivity index (χ0n) is 13.6. The van der Waals surface area contributed by atoms with E-state index in [0.29, 0.717) is 37.0 Å². The summed E-state index contributed by atoms with van der Waals surface area (Å²) in [5, 5.41) is 2.78. The molecule has 0 atom stereocenters. The number of anilines is 2. The van der Waals surface area contributed by atoms with Gasteiger partial charge in [-0.15, -0.1) is 0 Å². The predicted octanol–water partition coefficient (Wildman–Crippen LogP) is 4.45. The lowest BCUT2D eigenvalue weighted by molar-refractivity contribution is -0.136. The van der Waals surface area contributed by atoms with E-state index in [-0.39, 0.29) is 11.3 Å². The van der Waals surface area contributed by atoms with Crippen LogP contribution in [0.5, 0.6) is 0 Å². The maximum atomic E-state index is 13.5. The van der Waals surface area contributed by atoms with Gasteiger partial charge in [0.05, 0.1) is 24.5 Å². The average molecular weight is 385 g/mol. The normalized spacial score (nSPS) is 15.0. The molecular weight excluding hydrogens is 369 g/mol. The molecule has 2 aromatic rings. The number of ether oxygens (including phenoxy) is 1. The molecule has 1 saturated heterocycles. The molecule has 8 heteroatoms. The highest BCUT2D eigenvalue weighted by molar-refractivity contribution is 6.30. The van der Waals surface area contributed by atoms with E-state index in [4.69, 9.17) is 16.3 Å². The van der Waals surface area contributed by atoms with Gasteiger partial charge < -0.3 is 15.0 Å². The van der Waals surface area contributed by atoms with Crippen LogP contribution in [0.15, 0.2) is 42.5 Å². The first-order chi connectivity index (χ1) is 12.3. The van der Waals surface area contributed by atoms with Crippen LogP contribution in [0.2, 0.25) is 5.02 Å². The number of nitrogens with one attached hydrogen (secondary N) is 1. The van der Waals surface area contributed by atoms with Crippen molar-refractivity contribution in [2.45, 2.75) is 6.18 Å². The lowest BCUT2D eigenvalue weighted by Crippen LogP contribution is -2.36. The van der Waals surface area contributed by atoms with Crippen molar-refractivity contribution < 1.29 is 22.7 Å². The van der Waals surface area contributed by atoms with E-state index in [1.807, 2.05) is 4.90 Å². The van der Waals surface area contributed by atoms with Crippen molar-refractivity contribution in [2.24, 2.45) is 0 Å². The first kappa shape index (κ1) is 18.5. The molecule has 0 spiro atoms. The zero-order valence-corrected chi connectivity index (χ0v) is 14.4. The molecule has 0 bridgehead atoms. The monoisotopic (exact) mass is 384 g/mol. The zero-order chi connectivity index (χ0) is 18.7. The Balaban J connectivity index is 1.88. The molecule has 0 aliphatic carbocycles. The summed E-state index contributed by atoms with van der Waals surface area (Å²) < 4.78 is 45.7. The van der Waals surface area contributed by atoms with Crippen LogP contribution < -0.4 is 10.2 Å². The Morgan fingerprint density at radius 1 is 1.08 bits per heavy atom. The maximum Gasteiger partial charge on any atom is 0.418 e. The van der Waals surface area contributed by atoms with Crippen molar-refractivity contribution in [2.75, 3.05) is 36.5 Å². The van der Waals surface area contributed by atoms with Crippen molar-refractivity contribution in [3.8, 4) is 0 Å². The molecule has 1 fully saturated rings. The number of amides is 1. The molecule has 0 unspecified atom stereocenters. The van der Waals surface area contributed by atoms with E-state index in [1.54, 1.807) is 6.07 Å². The number of benzene rings is 2. The molecule has 0 radical (unpaired) electrons. The van der Waals surface area contributed by atoms with Crippen molar-refractivity contribution in [3.63, 3.8) is 0 Å². The van der Waals surface area contributed by atoms with Gasteiger partial charge in [-0.3, -0.25) is 4.79 Å². The largest absolute Gasteiger partial charge is 0.418 e. The van der Waals surface area contributed by atoms with Gasteiger partial charge in [-0.1, -0.05) is 11.6 Å². The summed E-state index contributed by atoms with van der Waals surface area (Å²) >= 11 is 5.76. The van der Waals surface area contributed by atoms with E-state index in [2.05, 4.69) is 5.32 Å². The molecule has 0 saturated carbocycles. The molecular formula is C18H16ClF3N2O2. The van der Waals surface area contributed by atoms with Crippen LogP contribution in [-0.2, 0) is 10.9 Å². The Morgan fingerprint density at radius 2 is 1.73 bits per heavy atom. The van der Waals surface area contributed by atoms with Crippen molar-refractivity contribution in [1.29, 1.82) is 0 Å². The minimum atomic E-state index is -4.59. The second-order valence-electron chi connectivity index (χ2n) is 5.79. The minimum Gasteiger partial charge on any atom is -0.378 e. The molecule has 1 aliphatic rings. The van der Waals surface area contributed by atoms with Gasteiger partial charge in [0, 0.05) is 29.4 Å². The Bertz CT molecular complexity index is 788. The van der Waals surface area contributed by atoms with Gasteiger partial charge in [0.1, 0.15) is 0 Å². The van der Waals surface area contributed by atoms with E-state index >= 15 is 0 Å². The van der Waals surface area contributed by atoms with E-state index in [9.17, 15) is 18.0 Å². The lowest BCUT2D eigenvalue weighted by Gasteiger charge is -2.29. The molecule has 3 rings (SSSR count). The fraction of sp³-hybridized carbons (Fsp3) is 0.278. The molecule has 1 aliphatic heterocycles. The summed E-state index contributed by atoms with van der Waals surface area (Å²) in [6, 6.07) is 9.81. The fourth-order valence-electron chi connectivity index (χ4n) is 2.69. The highest BCUT2D eigenvalue weighted by Gasteiger charge is 2.35. The van der Waals surface area contributed by atoms with E-state index in [0.717, 1.165) is 6.07 Å². The SMILES string of the molecule is O=C(Nc1ccc(N2CCOCC2)cc1C(F)(F)F)c1ccc(Cl)cc1. The Kier molecular flexibility index (Phi) is 5.38. The molecule has 4 nitrogen and oxygen atoms in total. The van der Waals surface area contributed by atoms with E-state index in [1.165, 1.54) is 30.3 Å². The van der Waals surface area contributed by atoms with Gasteiger partial charge in [-0.2, -0.15) is 13.2 Å². The highest BCUT2D eigenvalue weighted by Crippen LogP contribution is 2.37. The summed E-state index contributed by atoms with van der Waals surface area (Å²) in [5.74, 6) is -0.633. The molecule has 1 amide bonds. The minimum absolute atomic E-state index is 0.222. The third-order valence-electron chi connectivity index (χ3n) is 4.04. The first-order valence-corrected chi connectivity index (χ1v) is 8.33. The highest BCUT2D eigenvalue weighted by atomic mass is 35.5. The van der Waals surface area contributed by atoms with Gasteiger partial charge in [0.2, 0.25) is 0 Å². The fourth-order valence-corrected chi connectivity index (χ4v) is 2.82. The van der Waals surface area contributed by atoms with Crippen molar-refractivity contribution >= 4 is 28.9 Å². The van der Waals surface area contributed by atoms with Gasteiger partial charge >= 0.3 is 6.18 Å². The Labute approximate surface area is 153 Å². The molecule has 26 heavy (non-hydrogen) atoms. The summed E-state index contributed by atoms with van der Waals surface area (Å²) in [6.45, 7) is 1.98. The number of hydrogen-bond donors (Lipinski definition) is 1. The van der Waals surface area contributed by atoms with E-state index < -0.39 is 17.6 Å². The number of hydrogen-bond acceptors (Lipinski definition) is 3. The Hall–Kier alpha value is -2.25. The summed E-state index contributed by atoms with van der Waals surface area (Å²) in [6.07, 6.45) is -4.59. The van der Waals surface area contributed by atoms with Gasteiger partial charge in [-0.25, -0.2) is 0 Å². The molecule has 0 aromatic heterocycles.